The van der Waals surface area contributed by atoms with Gasteiger partial charge in [-0.2, -0.15) is 4.31 Å². The van der Waals surface area contributed by atoms with Gasteiger partial charge in [0, 0.05) is 24.2 Å². The van der Waals surface area contributed by atoms with Crippen molar-refractivity contribution in [1.82, 2.24) is 4.31 Å². The Morgan fingerprint density at radius 3 is 2.65 bits per heavy atom. The molecule has 0 saturated carbocycles. The van der Waals surface area contributed by atoms with Crippen LogP contribution in [-0.2, 0) is 10.0 Å². The van der Waals surface area contributed by atoms with E-state index >= 15 is 0 Å². The summed E-state index contributed by atoms with van der Waals surface area (Å²) in [5.74, 6) is 0. The first-order chi connectivity index (χ1) is 9.50. The normalized spacial score (nSPS) is 12.2. The van der Waals surface area contributed by atoms with E-state index in [2.05, 4.69) is 0 Å². The van der Waals surface area contributed by atoms with Crippen molar-refractivity contribution >= 4 is 26.5 Å². The molecule has 6 heteroatoms. The lowest BCUT2D eigenvalue weighted by atomic mass is 10.1. The minimum absolute atomic E-state index is 0.0875. The van der Waals surface area contributed by atoms with E-state index in [4.69, 9.17) is 10.8 Å². The van der Waals surface area contributed by atoms with Crippen molar-refractivity contribution < 1.29 is 13.5 Å². The Kier molecular flexibility index (Phi) is 4.27. The van der Waals surface area contributed by atoms with Gasteiger partial charge in [0.05, 0.1) is 11.5 Å². The van der Waals surface area contributed by atoms with Gasteiger partial charge in [0.2, 0.25) is 10.0 Å². The molecule has 0 heterocycles. The predicted octanol–water partition coefficient (Wildman–Crippen LogP) is 1.42. The minimum atomic E-state index is -3.62. The van der Waals surface area contributed by atoms with E-state index in [0.717, 1.165) is 5.39 Å². The average molecular weight is 294 g/mol. The number of likely N-dealkylation sites (N-methyl/N-ethyl adjacent to an activating group) is 1. The summed E-state index contributed by atoms with van der Waals surface area (Å²) >= 11 is 0. The third-order valence-electron chi connectivity index (χ3n) is 3.18. The van der Waals surface area contributed by atoms with Gasteiger partial charge < -0.3 is 10.8 Å². The van der Waals surface area contributed by atoms with Gasteiger partial charge in [-0.1, -0.05) is 25.1 Å². The smallest absolute Gasteiger partial charge is 0.243 e. The molecule has 2 rings (SSSR count). The van der Waals surface area contributed by atoms with Crippen molar-refractivity contribution in [3.05, 3.63) is 36.4 Å². The number of hydrogen-bond donors (Lipinski definition) is 2. The molecule has 20 heavy (non-hydrogen) atoms. The molecule has 0 aliphatic heterocycles. The number of nitrogens with zero attached hydrogens (tertiary/aromatic N) is 1. The van der Waals surface area contributed by atoms with Gasteiger partial charge in [-0.05, 0) is 23.6 Å². The second kappa shape index (κ2) is 5.78. The largest absolute Gasteiger partial charge is 0.399 e. The molecule has 0 spiro atoms. The Balaban J connectivity index is 2.62. The van der Waals surface area contributed by atoms with Crippen LogP contribution < -0.4 is 5.73 Å². The summed E-state index contributed by atoms with van der Waals surface area (Å²) in [6.07, 6.45) is 0. The quantitative estimate of drug-likeness (QED) is 0.817. The summed E-state index contributed by atoms with van der Waals surface area (Å²) < 4.78 is 26.5. The number of nitrogen functional groups attached to an aromatic ring is 1. The SMILES string of the molecule is CCN(CCO)S(=O)(=O)c1cccc2cc(N)ccc12. The first kappa shape index (κ1) is 14.8. The number of aliphatic hydroxyl groups excluding tert-OH is 1. The van der Waals surface area contributed by atoms with Gasteiger partial charge in [-0.3, -0.25) is 0 Å². The number of hydrogen-bond acceptors (Lipinski definition) is 4. The van der Waals surface area contributed by atoms with E-state index < -0.39 is 10.0 Å². The summed E-state index contributed by atoms with van der Waals surface area (Å²) in [6, 6.07) is 10.2. The lowest BCUT2D eigenvalue weighted by Gasteiger charge is -2.20. The van der Waals surface area contributed by atoms with E-state index in [-0.39, 0.29) is 18.0 Å². The van der Waals surface area contributed by atoms with Crippen LogP contribution in [0, 0.1) is 0 Å². The molecule has 0 aliphatic rings. The first-order valence-electron chi connectivity index (χ1n) is 6.40. The molecule has 108 valence electrons. The maximum absolute atomic E-state index is 12.6. The first-order valence-corrected chi connectivity index (χ1v) is 7.84. The number of fused-ring (bicyclic) bond motifs is 1. The number of rotatable bonds is 5. The van der Waals surface area contributed by atoms with Crippen LogP contribution in [0.15, 0.2) is 41.3 Å². The number of anilines is 1. The van der Waals surface area contributed by atoms with Crippen molar-refractivity contribution in [1.29, 1.82) is 0 Å². The molecule has 0 radical (unpaired) electrons. The molecular weight excluding hydrogens is 276 g/mol. The maximum Gasteiger partial charge on any atom is 0.243 e. The topological polar surface area (TPSA) is 83.6 Å². The maximum atomic E-state index is 12.6. The number of nitrogens with two attached hydrogens (primary N) is 1. The van der Waals surface area contributed by atoms with Crippen molar-refractivity contribution in [3.8, 4) is 0 Å². The van der Waals surface area contributed by atoms with Crippen LogP contribution in [0.5, 0.6) is 0 Å². The molecule has 0 aliphatic carbocycles. The number of sulfonamides is 1. The Morgan fingerprint density at radius 2 is 2.00 bits per heavy atom. The Labute approximate surface area is 118 Å². The van der Waals surface area contributed by atoms with Crippen LogP contribution in [0.1, 0.15) is 6.92 Å². The van der Waals surface area contributed by atoms with E-state index in [9.17, 15) is 8.42 Å². The van der Waals surface area contributed by atoms with Crippen LogP contribution in [0.25, 0.3) is 10.8 Å². The zero-order valence-electron chi connectivity index (χ0n) is 11.3. The molecule has 0 bridgehead atoms. The van der Waals surface area contributed by atoms with E-state index in [0.29, 0.717) is 17.6 Å². The van der Waals surface area contributed by atoms with Crippen LogP contribution in [0.4, 0.5) is 5.69 Å². The third-order valence-corrected chi connectivity index (χ3v) is 5.22. The summed E-state index contributed by atoms with van der Waals surface area (Å²) in [7, 11) is -3.62. The van der Waals surface area contributed by atoms with Gasteiger partial charge in [0.25, 0.3) is 0 Å². The number of aliphatic hydroxyl groups is 1. The monoisotopic (exact) mass is 294 g/mol. The lowest BCUT2D eigenvalue weighted by molar-refractivity contribution is 0.257. The molecule has 0 aromatic heterocycles. The van der Waals surface area contributed by atoms with E-state index in [1.54, 1.807) is 37.3 Å². The zero-order chi connectivity index (χ0) is 14.8. The lowest BCUT2D eigenvalue weighted by Crippen LogP contribution is -2.33. The van der Waals surface area contributed by atoms with Gasteiger partial charge in [-0.25, -0.2) is 8.42 Å². The standard InChI is InChI=1S/C14H18N2O3S/c1-2-16(8-9-17)20(18,19)14-5-3-4-11-10-12(15)6-7-13(11)14/h3-7,10,17H,2,8-9,15H2,1H3. The Hall–Kier alpha value is -1.63. The van der Waals surface area contributed by atoms with E-state index in [1.165, 1.54) is 4.31 Å². The summed E-state index contributed by atoms with van der Waals surface area (Å²) in [4.78, 5) is 0.241. The molecular formula is C14H18N2O3S. The highest BCUT2D eigenvalue weighted by molar-refractivity contribution is 7.89. The Bertz CT molecular complexity index is 713. The molecule has 0 amide bonds. The number of benzene rings is 2. The van der Waals surface area contributed by atoms with Crippen LogP contribution >= 0.6 is 0 Å². The highest BCUT2D eigenvalue weighted by atomic mass is 32.2. The molecule has 3 N–H and O–H groups in total. The van der Waals surface area contributed by atoms with Crippen LogP contribution in [0.3, 0.4) is 0 Å². The zero-order valence-corrected chi connectivity index (χ0v) is 12.1. The summed E-state index contributed by atoms with van der Waals surface area (Å²) in [5, 5.41) is 10.4. The average Bonchev–Trinajstić information content (AvgIpc) is 2.43. The predicted molar refractivity (Wildman–Crippen MR) is 79.9 cm³/mol. The highest BCUT2D eigenvalue weighted by Crippen LogP contribution is 2.27. The van der Waals surface area contributed by atoms with Crippen molar-refractivity contribution in [2.75, 3.05) is 25.4 Å². The fourth-order valence-corrected chi connectivity index (χ4v) is 3.85. The van der Waals surface area contributed by atoms with Crippen molar-refractivity contribution in [3.63, 3.8) is 0 Å². The molecule has 0 saturated heterocycles. The molecule has 2 aromatic carbocycles. The van der Waals surface area contributed by atoms with Crippen LogP contribution in [-0.4, -0.2) is 37.5 Å². The Morgan fingerprint density at radius 1 is 1.25 bits per heavy atom. The van der Waals surface area contributed by atoms with Crippen molar-refractivity contribution in [2.45, 2.75) is 11.8 Å². The van der Waals surface area contributed by atoms with Gasteiger partial charge >= 0.3 is 0 Å². The summed E-state index contributed by atoms with van der Waals surface area (Å²) in [5.41, 5.74) is 6.32. The van der Waals surface area contributed by atoms with Crippen molar-refractivity contribution in [2.24, 2.45) is 0 Å². The van der Waals surface area contributed by atoms with Gasteiger partial charge in [0.15, 0.2) is 0 Å². The molecule has 0 unspecified atom stereocenters. The highest BCUT2D eigenvalue weighted by Gasteiger charge is 2.24. The molecule has 2 aromatic rings. The van der Waals surface area contributed by atoms with Gasteiger partial charge in [-0.15, -0.1) is 0 Å². The molecule has 5 nitrogen and oxygen atoms in total. The van der Waals surface area contributed by atoms with Crippen LogP contribution in [0.2, 0.25) is 0 Å². The molecule has 0 atom stereocenters. The summed E-state index contributed by atoms with van der Waals surface area (Å²) in [6.45, 7) is 1.94. The minimum Gasteiger partial charge on any atom is -0.399 e. The third kappa shape index (κ3) is 2.63. The fourth-order valence-electron chi connectivity index (χ4n) is 2.20. The second-order valence-corrected chi connectivity index (χ2v) is 6.36. The van der Waals surface area contributed by atoms with Gasteiger partial charge in [0.1, 0.15) is 0 Å². The second-order valence-electron chi connectivity index (χ2n) is 4.46. The van der Waals surface area contributed by atoms with E-state index in [1.807, 2.05) is 6.07 Å². The fraction of sp³-hybridized carbons (Fsp3) is 0.286. The molecule has 0 fully saturated rings.